The minimum atomic E-state index is -1.96. The number of nitrogens with zero attached hydrogens (tertiary/aromatic N) is 2. The number of hydrogen-bond acceptors (Lipinski definition) is 5. The fraction of sp³-hybridized carbons (Fsp3) is 0. The first kappa shape index (κ1) is 12.4. The van der Waals surface area contributed by atoms with Gasteiger partial charge in [0, 0.05) is 12.4 Å². The van der Waals surface area contributed by atoms with Crippen LogP contribution in [0.1, 0.15) is 0 Å². The number of aromatic nitrogens is 2. The van der Waals surface area contributed by atoms with Crippen LogP contribution < -0.4 is 10.2 Å². The average Bonchev–Trinajstić information content (AvgIpc) is 2.34. The molecule has 2 N–H and O–H groups in total. The van der Waals surface area contributed by atoms with Crippen LogP contribution in [0.2, 0.25) is 0 Å². The summed E-state index contributed by atoms with van der Waals surface area (Å²) in [5.41, 5.74) is -0.314. The molecule has 0 unspecified atom stereocenters. The Hall–Kier alpha value is -2.06. The molecule has 18 heavy (non-hydrogen) atoms. The van der Waals surface area contributed by atoms with E-state index in [1.54, 1.807) is 0 Å². The molecule has 0 bridgehead atoms. The highest BCUT2D eigenvalue weighted by molar-refractivity contribution is 6.58. The Morgan fingerprint density at radius 3 is 2.11 bits per heavy atom. The summed E-state index contributed by atoms with van der Waals surface area (Å²) in [7, 11) is -1.96. The van der Waals surface area contributed by atoms with Crippen molar-refractivity contribution in [3.63, 3.8) is 0 Å². The van der Waals surface area contributed by atoms with Crippen molar-refractivity contribution in [2.75, 3.05) is 0 Å². The maximum atomic E-state index is 13.5. The van der Waals surface area contributed by atoms with Gasteiger partial charge in [0.15, 0.2) is 11.6 Å². The lowest BCUT2D eigenvalue weighted by Gasteiger charge is -2.07. The molecule has 5 nitrogen and oxygen atoms in total. The fourth-order valence-corrected chi connectivity index (χ4v) is 1.26. The van der Waals surface area contributed by atoms with Crippen LogP contribution in [0.25, 0.3) is 0 Å². The van der Waals surface area contributed by atoms with Gasteiger partial charge in [-0.25, -0.2) is 18.7 Å². The van der Waals surface area contributed by atoms with Crippen molar-refractivity contribution < 1.29 is 23.6 Å². The summed E-state index contributed by atoms with van der Waals surface area (Å²) in [4.78, 5) is 7.30. The highest BCUT2D eigenvalue weighted by Crippen LogP contribution is 2.24. The lowest BCUT2D eigenvalue weighted by molar-refractivity contribution is 0.381. The molecule has 0 saturated heterocycles. The van der Waals surface area contributed by atoms with E-state index in [-0.39, 0.29) is 11.5 Å². The lowest BCUT2D eigenvalue weighted by Crippen LogP contribution is -2.30. The molecule has 0 radical (unpaired) electrons. The zero-order valence-corrected chi connectivity index (χ0v) is 8.92. The lowest BCUT2D eigenvalue weighted by atomic mass is 9.80. The molecule has 2 rings (SSSR count). The minimum Gasteiger partial charge on any atom is -0.423 e. The molecule has 0 atom stereocenters. The highest BCUT2D eigenvalue weighted by Gasteiger charge is 2.19. The first-order chi connectivity index (χ1) is 8.58. The van der Waals surface area contributed by atoms with Gasteiger partial charge in [-0.2, -0.15) is 0 Å². The van der Waals surface area contributed by atoms with Crippen LogP contribution in [0.3, 0.4) is 0 Å². The van der Waals surface area contributed by atoms with Crippen LogP contribution in [0.5, 0.6) is 11.8 Å². The summed E-state index contributed by atoms with van der Waals surface area (Å²) in [6, 6.07) is 2.82. The molecule has 2 aromatic rings. The summed E-state index contributed by atoms with van der Waals surface area (Å²) in [5, 5.41) is 17.6. The van der Waals surface area contributed by atoms with E-state index in [0.29, 0.717) is 0 Å². The molecule has 92 valence electrons. The standard InChI is InChI=1S/C10H7BF2N2O3/c12-7-4-6(11(16)17)5-8(13)9(7)18-10-14-2-1-3-15-10/h1-5,16-17H. The van der Waals surface area contributed by atoms with Gasteiger partial charge >= 0.3 is 13.1 Å². The number of rotatable bonds is 3. The number of ether oxygens (including phenoxy) is 1. The molecule has 1 heterocycles. The quantitative estimate of drug-likeness (QED) is 0.764. The van der Waals surface area contributed by atoms with E-state index in [4.69, 9.17) is 14.8 Å². The van der Waals surface area contributed by atoms with Crippen LogP contribution in [-0.2, 0) is 0 Å². The van der Waals surface area contributed by atoms with Gasteiger partial charge in [0.05, 0.1) is 0 Å². The first-order valence-corrected chi connectivity index (χ1v) is 4.88. The minimum absolute atomic E-state index is 0.215. The van der Waals surface area contributed by atoms with Crippen molar-refractivity contribution in [1.82, 2.24) is 9.97 Å². The maximum Gasteiger partial charge on any atom is 0.488 e. The zero-order chi connectivity index (χ0) is 13.1. The van der Waals surface area contributed by atoms with Crippen LogP contribution in [0.15, 0.2) is 30.6 Å². The number of hydrogen-bond donors (Lipinski definition) is 2. The maximum absolute atomic E-state index is 13.5. The largest absolute Gasteiger partial charge is 0.488 e. The van der Waals surface area contributed by atoms with Crippen molar-refractivity contribution in [3.05, 3.63) is 42.2 Å². The second-order valence-electron chi connectivity index (χ2n) is 3.32. The topological polar surface area (TPSA) is 75.5 Å². The Morgan fingerprint density at radius 1 is 1.06 bits per heavy atom. The fourth-order valence-electron chi connectivity index (χ4n) is 1.26. The molecule has 0 spiro atoms. The van der Waals surface area contributed by atoms with Crippen LogP contribution in [0.4, 0.5) is 8.78 Å². The molecule has 1 aromatic heterocycles. The summed E-state index contributed by atoms with van der Waals surface area (Å²) in [6.45, 7) is 0. The third kappa shape index (κ3) is 2.61. The van der Waals surface area contributed by atoms with Crippen molar-refractivity contribution in [1.29, 1.82) is 0 Å². The van der Waals surface area contributed by atoms with Gasteiger partial charge in [-0.3, -0.25) is 0 Å². The molecule has 0 saturated carbocycles. The van der Waals surface area contributed by atoms with Crippen LogP contribution >= 0.6 is 0 Å². The van der Waals surface area contributed by atoms with E-state index < -0.39 is 24.5 Å². The van der Waals surface area contributed by atoms with E-state index in [0.717, 1.165) is 12.1 Å². The van der Waals surface area contributed by atoms with E-state index in [1.807, 2.05) is 0 Å². The van der Waals surface area contributed by atoms with Crippen LogP contribution in [0, 0.1) is 11.6 Å². The third-order valence-electron chi connectivity index (χ3n) is 2.05. The zero-order valence-electron chi connectivity index (χ0n) is 8.92. The Balaban J connectivity index is 2.34. The van der Waals surface area contributed by atoms with Gasteiger partial charge in [0.2, 0.25) is 5.75 Å². The number of halogens is 2. The molecule has 0 aliphatic rings. The summed E-state index contributed by atoms with van der Waals surface area (Å²) in [5.74, 6) is -2.86. The van der Waals surface area contributed by atoms with Gasteiger partial charge in [0.1, 0.15) is 0 Å². The van der Waals surface area contributed by atoms with Gasteiger partial charge in [-0.05, 0) is 23.7 Å². The van der Waals surface area contributed by atoms with Gasteiger partial charge in [0.25, 0.3) is 0 Å². The van der Waals surface area contributed by atoms with Crippen molar-refractivity contribution in [2.24, 2.45) is 0 Å². The van der Waals surface area contributed by atoms with E-state index in [1.165, 1.54) is 18.5 Å². The smallest absolute Gasteiger partial charge is 0.423 e. The van der Waals surface area contributed by atoms with Gasteiger partial charge in [-0.15, -0.1) is 0 Å². The predicted molar refractivity (Wildman–Crippen MR) is 58.3 cm³/mol. The first-order valence-electron chi connectivity index (χ1n) is 4.88. The highest BCUT2D eigenvalue weighted by atomic mass is 19.1. The molecule has 0 fully saturated rings. The Kier molecular flexibility index (Phi) is 3.49. The van der Waals surface area contributed by atoms with Crippen molar-refractivity contribution in [3.8, 4) is 11.8 Å². The van der Waals surface area contributed by atoms with Crippen molar-refractivity contribution in [2.45, 2.75) is 0 Å². The third-order valence-corrected chi connectivity index (χ3v) is 2.05. The predicted octanol–water partition coefficient (Wildman–Crippen LogP) is 0.227. The number of benzene rings is 1. The normalized spacial score (nSPS) is 10.2. The molecule has 1 aromatic carbocycles. The summed E-state index contributed by atoms with van der Waals surface area (Å²) >= 11 is 0. The summed E-state index contributed by atoms with van der Waals surface area (Å²) < 4.78 is 31.9. The van der Waals surface area contributed by atoms with Gasteiger partial charge < -0.3 is 14.8 Å². The monoisotopic (exact) mass is 252 g/mol. The van der Waals surface area contributed by atoms with E-state index in [2.05, 4.69) is 9.97 Å². The SMILES string of the molecule is OB(O)c1cc(F)c(Oc2ncccn2)c(F)c1. The molecule has 0 aliphatic carbocycles. The Labute approximate surface area is 101 Å². The van der Waals surface area contributed by atoms with Crippen LogP contribution in [-0.4, -0.2) is 27.1 Å². The molecule has 8 heteroatoms. The van der Waals surface area contributed by atoms with E-state index >= 15 is 0 Å². The molecular formula is C10H7BF2N2O3. The van der Waals surface area contributed by atoms with Gasteiger partial charge in [-0.1, -0.05) is 0 Å². The molecule has 0 amide bonds. The Bertz CT molecular complexity index is 531. The van der Waals surface area contributed by atoms with Crippen molar-refractivity contribution >= 4 is 12.6 Å². The Morgan fingerprint density at radius 2 is 1.61 bits per heavy atom. The summed E-state index contributed by atoms with van der Waals surface area (Å²) in [6.07, 6.45) is 2.70. The second-order valence-corrected chi connectivity index (χ2v) is 3.32. The molecule has 0 aliphatic heterocycles. The average molecular weight is 252 g/mol. The van der Waals surface area contributed by atoms with E-state index in [9.17, 15) is 8.78 Å². The second kappa shape index (κ2) is 5.07. The molecular weight excluding hydrogens is 245 g/mol.